The number of nitrogens with one attached hydrogen (secondary N) is 2. The maximum atomic E-state index is 12.3. The molecule has 2 N–H and O–H groups in total. The van der Waals surface area contributed by atoms with Gasteiger partial charge in [0.05, 0.1) is 16.9 Å². The highest BCUT2D eigenvalue weighted by atomic mass is 127. The topological polar surface area (TPSA) is 89.0 Å². The third-order valence-corrected chi connectivity index (χ3v) is 5.96. The van der Waals surface area contributed by atoms with Gasteiger partial charge in [0.1, 0.15) is 0 Å². The fourth-order valence-corrected chi connectivity index (χ4v) is 3.86. The van der Waals surface area contributed by atoms with Crippen LogP contribution in [0.15, 0.2) is 59.7 Å². The van der Waals surface area contributed by atoms with E-state index >= 15 is 0 Å². The summed E-state index contributed by atoms with van der Waals surface area (Å²) in [5, 5.41) is 7.34. The molecular formula is C25H23ClIN3O4. The smallest absolute Gasteiger partial charge is 0.271 e. The lowest BCUT2D eigenvalue weighted by Crippen LogP contribution is -2.20. The largest absolute Gasteiger partial charge is 0.493 e. The molecule has 0 fully saturated rings. The number of nitrogens with zero attached hydrogens (tertiary/aromatic N) is 1. The number of aryl methyl sites for hydroxylation is 2. The van der Waals surface area contributed by atoms with Gasteiger partial charge < -0.3 is 14.8 Å². The van der Waals surface area contributed by atoms with Crippen LogP contribution in [-0.4, -0.2) is 31.7 Å². The Labute approximate surface area is 216 Å². The number of amides is 2. The number of carbonyl (C=O) groups is 2. The maximum absolute atomic E-state index is 12.3. The van der Waals surface area contributed by atoms with Crippen LogP contribution in [0.2, 0.25) is 5.02 Å². The minimum Gasteiger partial charge on any atom is -0.493 e. The Morgan fingerprint density at radius 2 is 1.82 bits per heavy atom. The zero-order chi connectivity index (χ0) is 24.7. The van der Waals surface area contributed by atoms with Gasteiger partial charge in [-0.3, -0.25) is 9.59 Å². The van der Waals surface area contributed by atoms with Crippen molar-refractivity contribution in [1.82, 2.24) is 5.43 Å². The van der Waals surface area contributed by atoms with E-state index in [1.807, 2.05) is 32.0 Å². The van der Waals surface area contributed by atoms with E-state index in [0.717, 1.165) is 14.7 Å². The third-order valence-electron chi connectivity index (χ3n) is 4.75. The summed E-state index contributed by atoms with van der Waals surface area (Å²) in [6.45, 7) is 3.63. The van der Waals surface area contributed by atoms with E-state index in [1.54, 1.807) is 36.4 Å². The van der Waals surface area contributed by atoms with Gasteiger partial charge >= 0.3 is 0 Å². The molecule has 3 rings (SSSR count). The molecule has 0 radical (unpaired) electrons. The van der Waals surface area contributed by atoms with Crippen molar-refractivity contribution in [2.24, 2.45) is 5.10 Å². The number of halogens is 2. The molecule has 0 aliphatic carbocycles. The summed E-state index contributed by atoms with van der Waals surface area (Å²) in [5.41, 5.74) is 6.30. The number of benzene rings is 3. The van der Waals surface area contributed by atoms with Crippen LogP contribution in [0.25, 0.3) is 0 Å². The van der Waals surface area contributed by atoms with Crippen LogP contribution >= 0.6 is 34.2 Å². The highest BCUT2D eigenvalue weighted by Crippen LogP contribution is 2.33. The summed E-state index contributed by atoms with van der Waals surface area (Å²) in [7, 11) is 1.51. The maximum Gasteiger partial charge on any atom is 0.271 e. The molecule has 9 heteroatoms. The van der Waals surface area contributed by atoms with Gasteiger partial charge in [-0.2, -0.15) is 5.10 Å². The van der Waals surface area contributed by atoms with E-state index in [1.165, 1.54) is 13.3 Å². The number of ether oxygens (including phenoxy) is 2. The summed E-state index contributed by atoms with van der Waals surface area (Å²) in [6, 6.07) is 16.0. The van der Waals surface area contributed by atoms with Crippen LogP contribution in [-0.2, 0) is 4.79 Å². The lowest BCUT2D eigenvalue weighted by Gasteiger charge is -2.14. The molecule has 34 heavy (non-hydrogen) atoms. The first kappa shape index (κ1) is 25.5. The van der Waals surface area contributed by atoms with Gasteiger partial charge in [-0.1, -0.05) is 35.4 Å². The van der Waals surface area contributed by atoms with Crippen molar-refractivity contribution < 1.29 is 19.1 Å². The molecule has 7 nitrogen and oxygen atoms in total. The summed E-state index contributed by atoms with van der Waals surface area (Å²) >= 11 is 8.19. The van der Waals surface area contributed by atoms with Crippen molar-refractivity contribution in [2.75, 3.05) is 19.0 Å². The van der Waals surface area contributed by atoms with Crippen molar-refractivity contribution in [3.05, 3.63) is 85.4 Å². The average molecular weight is 592 g/mol. The van der Waals surface area contributed by atoms with E-state index in [-0.39, 0.29) is 18.4 Å². The zero-order valence-electron chi connectivity index (χ0n) is 18.8. The minimum absolute atomic E-state index is 0.210. The van der Waals surface area contributed by atoms with Gasteiger partial charge in [0.2, 0.25) is 0 Å². The van der Waals surface area contributed by atoms with Gasteiger partial charge in [-0.15, -0.1) is 0 Å². The Balaban J connectivity index is 1.62. The Morgan fingerprint density at radius 1 is 1.09 bits per heavy atom. The number of carbonyl (C=O) groups excluding carboxylic acids is 2. The molecule has 0 atom stereocenters. The van der Waals surface area contributed by atoms with Crippen molar-refractivity contribution in [3.8, 4) is 11.5 Å². The molecule has 0 bridgehead atoms. The fraction of sp³-hybridized carbons (Fsp3) is 0.160. The predicted octanol–water partition coefficient (Wildman–Crippen LogP) is 5.35. The Morgan fingerprint density at radius 3 is 2.50 bits per heavy atom. The molecule has 176 valence electrons. The molecule has 0 spiro atoms. The molecule has 3 aromatic carbocycles. The first-order chi connectivity index (χ1) is 16.3. The number of rotatable bonds is 8. The molecule has 0 aliphatic heterocycles. The molecule has 0 saturated carbocycles. The van der Waals surface area contributed by atoms with Crippen molar-refractivity contribution in [1.29, 1.82) is 0 Å². The van der Waals surface area contributed by atoms with Crippen LogP contribution in [0.1, 0.15) is 27.0 Å². The zero-order valence-corrected chi connectivity index (χ0v) is 21.7. The molecule has 0 unspecified atom stereocenters. The van der Waals surface area contributed by atoms with Gasteiger partial charge in [0.25, 0.3) is 11.8 Å². The highest BCUT2D eigenvalue weighted by Gasteiger charge is 2.14. The molecular weight excluding hydrogens is 569 g/mol. The lowest BCUT2D eigenvalue weighted by molar-refractivity contribution is -0.118. The average Bonchev–Trinajstić information content (AvgIpc) is 2.80. The molecule has 2 amide bonds. The van der Waals surface area contributed by atoms with E-state index < -0.39 is 0 Å². The van der Waals surface area contributed by atoms with Crippen LogP contribution in [0, 0.1) is 17.4 Å². The predicted molar refractivity (Wildman–Crippen MR) is 142 cm³/mol. The number of anilines is 1. The molecule has 0 aliphatic rings. The second-order valence-corrected chi connectivity index (χ2v) is 8.97. The Hall–Kier alpha value is -3.11. The number of methoxy groups -OCH3 is 1. The summed E-state index contributed by atoms with van der Waals surface area (Å²) in [5.74, 6) is 0.228. The van der Waals surface area contributed by atoms with Gasteiger partial charge in [-0.25, -0.2) is 5.43 Å². The monoisotopic (exact) mass is 591 g/mol. The Kier molecular flexibility index (Phi) is 8.89. The second kappa shape index (κ2) is 11.8. The Bertz CT molecular complexity index is 1230. The first-order valence-electron chi connectivity index (χ1n) is 10.2. The van der Waals surface area contributed by atoms with Crippen LogP contribution in [0.5, 0.6) is 11.5 Å². The fourth-order valence-electron chi connectivity index (χ4n) is 2.89. The highest BCUT2D eigenvalue weighted by molar-refractivity contribution is 14.1. The molecule has 0 aromatic heterocycles. The van der Waals surface area contributed by atoms with E-state index in [9.17, 15) is 9.59 Å². The van der Waals surface area contributed by atoms with Crippen molar-refractivity contribution in [2.45, 2.75) is 13.8 Å². The number of hydrogen-bond acceptors (Lipinski definition) is 5. The van der Waals surface area contributed by atoms with Crippen LogP contribution < -0.4 is 20.2 Å². The lowest BCUT2D eigenvalue weighted by atomic mass is 10.1. The van der Waals surface area contributed by atoms with Gasteiger partial charge in [0, 0.05) is 16.3 Å². The second-order valence-electron chi connectivity index (χ2n) is 7.40. The molecule has 0 heterocycles. The van der Waals surface area contributed by atoms with Crippen molar-refractivity contribution in [3.63, 3.8) is 0 Å². The van der Waals surface area contributed by atoms with Gasteiger partial charge in [0.15, 0.2) is 18.1 Å². The van der Waals surface area contributed by atoms with Crippen molar-refractivity contribution >= 4 is 57.9 Å². The van der Waals surface area contributed by atoms with Gasteiger partial charge in [-0.05, 0) is 84.0 Å². The molecule has 3 aromatic rings. The summed E-state index contributed by atoms with van der Waals surface area (Å²) < 4.78 is 11.9. The third kappa shape index (κ3) is 6.94. The van der Waals surface area contributed by atoms with E-state index in [4.69, 9.17) is 21.1 Å². The SMILES string of the molecule is COc1cc(/C=N/NC(=O)c2ccc(C)cc2)cc(I)c1OCC(=O)Nc1ccc(C)c(Cl)c1. The van der Waals surface area contributed by atoms with Crippen LogP contribution in [0.3, 0.4) is 0 Å². The summed E-state index contributed by atoms with van der Waals surface area (Å²) in [6.07, 6.45) is 1.51. The molecule has 0 saturated heterocycles. The number of hydrazone groups is 1. The minimum atomic E-state index is -0.331. The standard InChI is InChI=1S/C25H23ClIN3O4/c1-15-4-7-18(8-5-15)25(32)30-28-13-17-10-21(27)24(22(11-17)33-3)34-14-23(31)29-19-9-6-16(2)20(26)12-19/h4-13H,14H2,1-3H3,(H,29,31)(H,30,32)/b28-13+. The number of hydrogen-bond donors (Lipinski definition) is 2. The van der Waals surface area contributed by atoms with Crippen LogP contribution in [0.4, 0.5) is 5.69 Å². The first-order valence-corrected chi connectivity index (χ1v) is 11.7. The van der Waals surface area contributed by atoms with E-state index in [2.05, 4.69) is 38.4 Å². The quantitative estimate of drug-likeness (QED) is 0.210. The summed E-state index contributed by atoms with van der Waals surface area (Å²) in [4.78, 5) is 24.5. The normalized spacial score (nSPS) is 10.7. The van der Waals surface area contributed by atoms with E-state index in [0.29, 0.717) is 33.3 Å².